The van der Waals surface area contributed by atoms with Crippen LogP contribution in [0.1, 0.15) is 57.0 Å². The number of carbonyl (C=O) groups excluding carboxylic acids is 3. The van der Waals surface area contributed by atoms with E-state index in [1.807, 2.05) is 44.2 Å². The van der Waals surface area contributed by atoms with Gasteiger partial charge in [0.2, 0.25) is 11.8 Å². The second-order valence-electron chi connectivity index (χ2n) is 10.7. The Hall–Kier alpha value is -4.19. The van der Waals surface area contributed by atoms with Crippen molar-refractivity contribution >= 4 is 35.3 Å². The molecule has 0 saturated carbocycles. The van der Waals surface area contributed by atoms with Gasteiger partial charge in [-0.2, -0.15) is 4.98 Å². The van der Waals surface area contributed by atoms with Crippen LogP contribution < -0.4 is 15.4 Å². The molecule has 0 aliphatic carbocycles. The number of carboxylic acid groups (broad SMARTS) is 1. The number of hydrogen-bond acceptors (Lipinski definition) is 9. The summed E-state index contributed by atoms with van der Waals surface area (Å²) in [6, 6.07) is 12.5. The van der Waals surface area contributed by atoms with Gasteiger partial charge in [0.25, 0.3) is 5.89 Å². The minimum absolute atomic E-state index is 0.0284. The molecular weight excluding hydrogens is 572 g/mol. The largest absolute Gasteiger partial charge is 0.496 e. The number of carbonyl (C=O) groups is 4. The predicted octanol–water partition coefficient (Wildman–Crippen LogP) is 4.01. The molecule has 2 atom stereocenters. The Balaban J connectivity index is 1.68. The summed E-state index contributed by atoms with van der Waals surface area (Å²) in [4.78, 5) is 55.2. The van der Waals surface area contributed by atoms with Crippen molar-refractivity contribution in [3.05, 3.63) is 65.5 Å². The normalized spacial score (nSPS) is 12.5. The van der Waals surface area contributed by atoms with Crippen molar-refractivity contribution in [2.75, 3.05) is 12.9 Å². The number of Topliss-reactive ketones (excluding diaryl/α,β-unsaturated/α-hetero) is 1. The number of nitrogens with one attached hydrogen (secondary N) is 2. The summed E-state index contributed by atoms with van der Waals surface area (Å²) in [5.41, 5.74) is 2.18. The van der Waals surface area contributed by atoms with Gasteiger partial charge in [0.1, 0.15) is 11.8 Å². The molecule has 0 aliphatic heterocycles. The van der Waals surface area contributed by atoms with Gasteiger partial charge in [0, 0.05) is 22.8 Å². The predicted molar refractivity (Wildman–Crippen MR) is 163 cm³/mol. The third-order valence-electron chi connectivity index (χ3n) is 6.54. The summed E-state index contributed by atoms with van der Waals surface area (Å²) in [5, 5.41) is 18.7. The SMILES string of the molecule is COc1ccc(-c2nc(C(C)C)no2)cc1CC(=O)N[C@H](C(=O)N[C@@H](CC(=O)O)C(=O)CSCc1ccccc1)C(C)C. The van der Waals surface area contributed by atoms with Gasteiger partial charge in [-0.3, -0.25) is 19.2 Å². The number of amides is 2. The first-order chi connectivity index (χ1) is 20.5. The highest BCUT2D eigenvalue weighted by Crippen LogP contribution is 2.27. The van der Waals surface area contributed by atoms with Gasteiger partial charge >= 0.3 is 5.97 Å². The van der Waals surface area contributed by atoms with Crippen LogP contribution in [0.25, 0.3) is 11.5 Å². The first-order valence-corrected chi connectivity index (χ1v) is 15.1. The molecule has 0 fully saturated rings. The van der Waals surface area contributed by atoms with E-state index in [0.29, 0.717) is 34.3 Å². The Labute approximate surface area is 255 Å². The molecular formula is C31H38N4O7S. The maximum Gasteiger partial charge on any atom is 0.305 e. The zero-order valence-corrected chi connectivity index (χ0v) is 25.8. The van der Waals surface area contributed by atoms with Crippen LogP contribution in [-0.4, -0.2) is 63.8 Å². The topological polar surface area (TPSA) is 161 Å². The number of rotatable bonds is 16. The van der Waals surface area contributed by atoms with Gasteiger partial charge in [0.05, 0.1) is 31.7 Å². The lowest BCUT2D eigenvalue weighted by Gasteiger charge is -2.25. The van der Waals surface area contributed by atoms with E-state index in [0.717, 1.165) is 5.56 Å². The van der Waals surface area contributed by atoms with Gasteiger partial charge in [-0.1, -0.05) is 63.2 Å². The van der Waals surface area contributed by atoms with E-state index >= 15 is 0 Å². The maximum absolute atomic E-state index is 13.3. The van der Waals surface area contributed by atoms with Crippen LogP contribution in [0.5, 0.6) is 5.75 Å². The first-order valence-electron chi connectivity index (χ1n) is 13.9. The molecule has 3 rings (SSSR count). The Kier molecular flexibility index (Phi) is 12.3. The summed E-state index contributed by atoms with van der Waals surface area (Å²) in [5.74, 6) is -1.05. The van der Waals surface area contributed by atoms with Crippen LogP contribution in [0.2, 0.25) is 0 Å². The zero-order valence-electron chi connectivity index (χ0n) is 25.0. The zero-order chi connectivity index (χ0) is 31.5. The lowest BCUT2D eigenvalue weighted by atomic mass is 10.0. The number of aromatic nitrogens is 2. The van der Waals surface area contributed by atoms with Crippen molar-refractivity contribution in [1.29, 1.82) is 0 Å². The van der Waals surface area contributed by atoms with Gasteiger partial charge in [-0.15, -0.1) is 11.8 Å². The average Bonchev–Trinajstić information content (AvgIpc) is 3.46. The van der Waals surface area contributed by atoms with Crippen molar-refractivity contribution < 1.29 is 33.5 Å². The number of carboxylic acids is 1. The number of nitrogens with zero attached hydrogens (tertiary/aromatic N) is 2. The number of benzene rings is 2. The highest BCUT2D eigenvalue weighted by atomic mass is 32.2. The third-order valence-corrected chi connectivity index (χ3v) is 7.57. The van der Waals surface area contributed by atoms with E-state index < -0.39 is 42.1 Å². The van der Waals surface area contributed by atoms with E-state index in [2.05, 4.69) is 20.8 Å². The molecule has 3 N–H and O–H groups in total. The Morgan fingerprint density at radius 3 is 2.35 bits per heavy atom. The fraction of sp³-hybridized carbons (Fsp3) is 0.419. The Morgan fingerprint density at radius 2 is 1.74 bits per heavy atom. The molecule has 43 heavy (non-hydrogen) atoms. The molecule has 2 amide bonds. The molecule has 3 aromatic rings. The van der Waals surface area contributed by atoms with Crippen LogP contribution >= 0.6 is 11.8 Å². The smallest absolute Gasteiger partial charge is 0.305 e. The van der Waals surface area contributed by atoms with Crippen molar-refractivity contribution in [3.63, 3.8) is 0 Å². The molecule has 0 radical (unpaired) electrons. The van der Waals surface area contributed by atoms with Crippen molar-refractivity contribution in [1.82, 2.24) is 20.8 Å². The Morgan fingerprint density at radius 1 is 1.02 bits per heavy atom. The molecule has 1 aromatic heterocycles. The second-order valence-corrected chi connectivity index (χ2v) is 11.7. The molecule has 230 valence electrons. The minimum atomic E-state index is -1.23. The quantitative estimate of drug-likeness (QED) is 0.216. The molecule has 0 spiro atoms. The summed E-state index contributed by atoms with van der Waals surface area (Å²) < 4.78 is 10.8. The molecule has 0 bridgehead atoms. The molecule has 0 aliphatic rings. The highest BCUT2D eigenvalue weighted by Gasteiger charge is 2.30. The van der Waals surface area contributed by atoms with Gasteiger partial charge in [-0.25, -0.2) is 0 Å². The second kappa shape index (κ2) is 15.9. The lowest BCUT2D eigenvalue weighted by Crippen LogP contribution is -2.54. The van der Waals surface area contributed by atoms with Gasteiger partial charge in [-0.05, 0) is 29.7 Å². The molecule has 12 heteroatoms. The number of methoxy groups -OCH3 is 1. The number of aliphatic carboxylic acids is 1. The summed E-state index contributed by atoms with van der Waals surface area (Å²) in [6.07, 6.45) is -0.681. The fourth-order valence-electron chi connectivity index (χ4n) is 4.19. The van der Waals surface area contributed by atoms with E-state index in [9.17, 15) is 24.3 Å². The minimum Gasteiger partial charge on any atom is -0.496 e. The van der Waals surface area contributed by atoms with E-state index in [-0.39, 0.29) is 24.0 Å². The standard InChI is InChI=1S/C31H38N4O7S/c1-18(2)28(30(40)32-23(15-27(38)39)24(36)17-43-16-20-9-7-6-8-10-20)33-26(37)14-22-13-21(11-12-25(22)41-5)31-34-29(19(3)4)35-42-31/h6-13,18-19,23,28H,14-17H2,1-5H3,(H,32,40)(H,33,37)(H,38,39)/t23-,28-/m0/s1. The highest BCUT2D eigenvalue weighted by molar-refractivity contribution is 7.99. The van der Waals surface area contributed by atoms with Crippen molar-refractivity contribution in [2.24, 2.45) is 5.92 Å². The molecule has 0 saturated heterocycles. The molecule has 1 heterocycles. The van der Waals surface area contributed by atoms with Crippen LogP contribution in [0, 0.1) is 5.92 Å². The molecule has 2 aromatic carbocycles. The first kappa shape index (κ1) is 33.3. The molecule has 0 unspecified atom stereocenters. The lowest BCUT2D eigenvalue weighted by molar-refractivity contribution is -0.140. The van der Waals surface area contributed by atoms with Crippen molar-refractivity contribution in [2.45, 2.75) is 64.3 Å². The van der Waals surface area contributed by atoms with E-state index in [1.165, 1.54) is 18.9 Å². The van der Waals surface area contributed by atoms with Crippen LogP contribution in [0.4, 0.5) is 0 Å². The van der Waals surface area contributed by atoms with Gasteiger partial charge in [0.15, 0.2) is 11.6 Å². The number of thioether (sulfide) groups is 1. The van der Waals surface area contributed by atoms with Crippen LogP contribution in [0.3, 0.4) is 0 Å². The Bertz CT molecular complexity index is 1410. The number of hydrogen-bond donors (Lipinski definition) is 3. The van der Waals surface area contributed by atoms with E-state index in [4.69, 9.17) is 9.26 Å². The number of ether oxygens (including phenoxy) is 1. The summed E-state index contributed by atoms with van der Waals surface area (Å²) >= 11 is 1.34. The van der Waals surface area contributed by atoms with E-state index in [1.54, 1.807) is 32.0 Å². The number of ketones is 1. The van der Waals surface area contributed by atoms with Crippen LogP contribution in [-0.2, 0) is 31.4 Å². The van der Waals surface area contributed by atoms with Crippen molar-refractivity contribution in [3.8, 4) is 17.2 Å². The third kappa shape index (κ3) is 9.95. The fourth-order valence-corrected chi connectivity index (χ4v) is 5.13. The van der Waals surface area contributed by atoms with Crippen LogP contribution in [0.15, 0.2) is 53.1 Å². The summed E-state index contributed by atoms with van der Waals surface area (Å²) in [7, 11) is 1.49. The molecule has 11 nitrogen and oxygen atoms in total. The average molecular weight is 611 g/mol. The summed E-state index contributed by atoms with van der Waals surface area (Å²) in [6.45, 7) is 7.39. The monoisotopic (exact) mass is 610 g/mol. The van der Waals surface area contributed by atoms with Gasteiger partial charge < -0.3 is 25.0 Å². The maximum atomic E-state index is 13.3.